The van der Waals surface area contributed by atoms with Crippen molar-refractivity contribution in [3.63, 3.8) is 0 Å². The summed E-state index contributed by atoms with van der Waals surface area (Å²) in [7, 11) is -3.87. The fourth-order valence-electron chi connectivity index (χ4n) is 4.55. The van der Waals surface area contributed by atoms with Gasteiger partial charge in [0.25, 0.3) is 0 Å². The molecule has 0 aliphatic carbocycles. The molecule has 4 atom stereocenters. The quantitative estimate of drug-likeness (QED) is 0.565. The summed E-state index contributed by atoms with van der Waals surface area (Å²) in [6.07, 6.45) is -0.765. The van der Waals surface area contributed by atoms with Crippen LogP contribution in [0.25, 0.3) is 0 Å². The van der Waals surface area contributed by atoms with Gasteiger partial charge < -0.3 is 19.9 Å². The third-order valence-corrected chi connectivity index (χ3v) is 9.09. The Bertz CT molecular complexity index is 1180. The average Bonchev–Trinajstić information content (AvgIpc) is 2.83. The van der Waals surface area contributed by atoms with Crippen molar-refractivity contribution in [3.8, 4) is 0 Å². The second-order valence-corrected chi connectivity index (χ2v) is 12.0. The maximum Gasteiger partial charge on any atom is 0.243 e. The van der Waals surface area contributed by atoms with E-state index in [9.17, 15) is 18.3 Å². The summed E-state index contributed by atoms with van der Waals surface area (Å²) >= 11 is 12.0. The number of aryl methyl sites for hydroxylation is 1. The Kier molecular flexibility index (Phi) is 8.93. The first-order valence-electron chi connectivity index (χ1n) is 11.8. The van der Waals surface area contributed by atoms with E-state index in [1.54, 1.807) is 42.5 Å². The lowest BCUT2D eigenvalue weighted by Gasteiger charge is -2.43. The molecule has 2 saturated heterocycles. The zero-order valence-corrected chi connectivity index (χ0v) is 22.2. The molecular weight excluding hydrogens is 527 g/mol. The fourth-order valence-corrected chi connectivity index (χ4v) is 6.58. The first kappa shape index (κ1) is 27.3. The van der Waals surface area contributed by atoms with Gasteiger partial charge in [-0.05, 0) is 49.6 Å². The van der Waals surface area contributed by atoms with Crippen LogP contribution in [0.2, 0.25) is 10.0 Å². The Balaban J connectivity index is 1.42. The van der Waals surface area contributed by atoms with Crippen molar-refractivity contribution in [1.82, 2.24) is 9.62 Å². The summed E-state index contributed by atoms with van der Waals surface area (Å²) < 4.78 is 40.2. The van der Waals surface area contributed by atoms with Gasteiger partial charge in [-0.15, -0.1) is 0 Å². The minimum atomic E-state index is -3.87. The van der Waals surface area contributed by atoms with Gasteiger partial charge in [-0.25, -0.2) is 8.42 Å². The van der Waals surface area contributed by atoms with Crippen molar-refractivity contribution in [2.75, 3.05) is 19.8 Å². The monoisotopic (exact) mass is 556 g/mol. The number of fused-ring (bicyclic) bond motifs is 1. The summed E-state index contributed by atoms with van der Waals surface area (Å²) in [6.45, 7) is 2.23. The van der Waals surface area contributed by atoms with Gasteiger partial charge >= 0.3 is 0 Å². The number of carbonyl (C=O) groups excluding carboxylic acids is 1. The Morgan fingerprint density at radius 1 is 1.11 bits per heavy atom. The summed E-state index contributed by atoms with van der Waals surface area (Å²) in [6, 6.07) is 11.3. The molecule has 11 heteroatoms. The number of benzene rings is 2. The van der Waals surface area contributed by atoms with Crippen LogP contribution in [0.1, 0.15) is 30.4 Å². The van der Waals surface area contributed by atoms with Gasteiger partial charge in [0.1, 0.15) is 0 Å². The van der Waals surface area contributed by atoms with E-state index in [2.05, 4.69) is 5.32 Å². The minimum absolute atomic E-state index is 0.00129. The van der Waals surface area contributed by atoms with Gasteiger partial charge in [0.05, 0.1) is 58.9 Å². The van der Waals surface area contributed by atoms with Crippen molar-refractivity contribution in [2.45, 2.75) is 62.0 Å². The Labute approximate surface area is 221 Å². The van der Waals surface area contributed by atoms with Crippen molar-refractivity contribution < 1.29 is 27.8 Å². The van der Waals surface area contributed by atoms with E-state index in [1.807, 2.05) is 6.92 Å². The molecule has 2 fully saturated rings. The van der Waals surface area contributed by atoms with E-state index in [-0.39, 0.29) is 43.1 Å². The van der Waals surface area contributed by atoms with Crippen LogP contribution in [0.3, 0.4) is 0 Å². The maximum atomic E-state index is 13.5. The molecule has 2 N–H and O–H groups in total. The lowest BCUT2D eigenvalue weighted by molar-refractivity contribution is -0.146. The number of rotatable bonds is 6. The number of amides is 1. The van der Waals surface area contributed by atoms with Gasteiger partial charge in [-0.1, -0.05) is 47.0 Å². The molecule has 1 amide bonds. The number of hydrogen-bond acceptors (Lipinski definition) is 6. The summed E-state index contributed by atoms with van der Waals surface area (Å²) in [5.74, 6) is -0.184. The molecule has 4 rings (SSSR count). The van der Waals surface area contributed by atoms with E-state index in [0.29, 0.717) is 29.4 Å². The summed E-state index contributed by atoms with van der Waals surface area (Å²) in [5.41, 5.74) is 1.78. The standard InChI is InChI=1S/C25H30Cl2N2O6S/c1-16-2-6-20(7-3-16)36(32,33)29-13-18(30)14-34-15-24-23(29)9-5-19(35-24)11-25(31)28-12-17-4-8-21(26)22(27)10-17/h2-4,6-8,10,18-19,23-24,30H,5,9,11-15H2,1H3,(H,28,31)/t18-,19+,23-,24+/m0/s1. The van der Waals surface area contributed by atoms with Gasteiger partial charge in [-0.2, -0.15) is 4.31 Å². The summed E-state index contributed by atoms with van der Waals surface area (Å²) in [4.78, 5) is 12.7. The molecule has 0 radical (unpaired) electrons. The lowest BCUT2D eigenvalue weighted by atomic mass is 9.96. The largest absolute Gasteiger partial charge is 0.389 e. The van der Waals surface area contributed by atoms with E-state index in [1.165, 1.54) is 4.31 Å². The number of nitrogens with one attached hydrogen (secondary N) is 1. The van der Waals surface area contributed by atoms with Crippen LogP contribution in [0.4, 0.5) is 0 Å². The van der Waals surface area contributed by atoms with Crippen LogP contribution in [-0.4, -0.2) is 67.8 Å². The zero-order valence-electron chi connectivity index (χ0n) is 19.9. The minimum Gasteiger partial charge on any atom is -0.389 e. The Hall–Kier alpha value is -1.72. The molecular formula is C25H30Cl2N2O6S. The fraction of sp³-hybridized carbons (Fsp3) is 0.480. The number of nitrogens with zero attached hydrogens (tertiary/aromatic N) is 1. The molecule has 0 spiro atoms. The molecule has 2 aromatic rings. The predicted octanol–water partition coefficient (Wildman–Crippen LogP) is 3.31. The molecule has 2 aliphatic rings. The van der Waals surface area contributed by atoms with Crippen molar-refractivity contribution in [3.05, 3.63) is 63.6 Å². The molecule has 36 heavy (non-hydrogen) atoms. The van der Waals surface area contributed by atoms with Crippen LogP contribution in [0, 0.1) is 6.92 Å². The van der Waals surface area contributed by atoms with Gasteiger partial charge in [0, 0.05) is 13.1 Å². The lowest BCUT2D eigenvalue weighted by Crippen LogP contribution is -2.57. The number of halogens is 2. The van der Waals surface area contributed by atoms with Crippen molar-refractivity contribution in [1.29, 1.82) is 0 Å². The van der Waals surface area contributed by atoms with Crippen LogP contribution in [0.15, 0.2) is 47.4 Å². The third-order valence-electron chi connectivity index (χ3n) is 6.45. The van der Waals surface area contributed by atoms with E-state index in [0.717, 1.165) is 11.1 Å². The number of β-amino-alcohol motifs (C(OH)–C–C–N with tert-alkyl or cyclic N) is 1. The Morgan fingerprint density at radius 2 is 1.86 bits per heavy atom. The van der Waals surface area contributed by atoms with E-state index in [4.69, 9.17) is 32.7 Å². The highest BCUT2D eigenvalue weighted by Crippen LogP contribution is 2.31. The molecule has 196 valence electrons. The number of aliphatic hydroxyl groups is 1. The highest BCUT2D eigenvalue weighted by atomic mass is 35.5. The van der Waals surface area contributed by atoms with Crippen LogP contribution in [0.5, 0.6) is 0 Å². The average molecular weight is 557 g/mol. The molecule has 0 bridgehead atoms. The van der Waals surface area contributed by atoms with Gasteiger partial charge in [0.15, 0.2) is 0 Å². The Morgan fingerprint density at radius 3 is 2.58 bits per heavy atom. The smallest absolute Gasteiger partial charge is 0.243 e. The normalized spacial score (nSPS) is 25.4. The van der Waals surface area contributed by atoms with Crippen LogP contribution >= 0.6 is 23.2 Å². The SMILES string of the molecule is Cc1ccc(S(=O)(=O)N2C[C@H](O)COC[C@H]3O[C@@H](CC(=O)NCc4ccc(Cl)c(Cl)c4)CC[C@@H]32)cc1. The predicted molar refractivity (Wildman–Crippen MR) is 137 cm³/mol. The summed E-state index contributed by atoms with van der Waals surface area (Å²) in [5, 5.41) is 14.1. The zero-order chi connectivity index (χ0) is 25.9. The second-order valence-electron chi connectivity index (χ2n) is 9.25. The van der Waals surface area contributed by atoms with Crippen molar-refractivity contribution >= 4 is 39.1 Å². The van der Waals surface area contributed by atoms with Crippen LogP contribution in [-0.2, 0) is 30.8 Å². The number of sulfonamides is 1. The maximum absolute atomic E-state index is 13.5. The topological polar surface area (TPSA) is 105 Å². The van der Waals surface area contributed by atoms with E-state index >= 15 is 0 Å². The molecule has 2 heterocycles. The molecule has 2 aliphatic heterocycles. The second kappa shape index (κ2) is 11.8. The first-order valence-corrected chi connectivity index (χ1v) is 14.0. The number of hydrogen-bond donors (Lipinski definition) is 2. The van der Waals surface area contributed by atoms with Crippen LogP contribution < -0.4 is 5.32 Å². The molecule has 0 unspecified atom stereocenters. The van der Waals surface area contributed by atoms with Gasteiger partial charge in [0.2, 0.25) is 15.9 Å². The number of carbonyl (C=O) groups is 1. The number of ether oxygens (including phenoxy) is 2. The highest BCUT2D eigenvalue weighted by molar-refractivity contribution is 7.89. The third kappa shape index (κ3) is 6.58. The first-order chi connectivity index (χ1) is 17.1. The highest BCUT2D eigenvalue weighted by Gasteiger charge is 2.43. The molecule has 8 nitrogen and oxygen atoms in total. The van der Waals surface area contributed by atoms with Crippen molar-refractivity contribution in [2.24, 2.45) is 0 Å². The molecule has 0 saturated carbocycles. The number of aliphatic hydroxyl groups excluding tert-OH is 1. The van der Waals surface area contributed by atoms with E-state index < -0.39 is 28.3 Å². The molecule has 0 aromatic heterocycles. The molecule has 2 aromatic carbocycles. The van der Waals surface area contributed by atoms with Gasteiger partial charge in [-0.3, -0.25) is 4.79 Å².